The highest BCUT2D eigenvalue weighted by Gasteiger charge is 2.29. The molecule has 2 N–H and O–H groups in total. The van der Waals surface area contributed by atoms with Crippen molar-refractivity contribution in [2.75, 3.05) is 7.11 Å². The van der Waals surface area contributed by atoms with Crippen molar-refractivity contribution in [3.63, 3.8) is 0 Å². The fourth-order valence-electron chi connectivity index (χ4n) is 4.26. The van der Waals surface area contributed by atoms with E-state index in [0.29, 0.717) is 23.1 Å². The molecule has 7 nitrogen and oxygen atoms in total. The molecular formula is C32H44FNO6. The fraction of sp³-hybridized carbons (Fsp3) is 0.531. The molecule has 2 aromatic rings. The number of hydrogen-bond donors (Lipinski definition) is 2. The van der Waals surface area contributed by atoms with Crippen molar-refractivity contribution in [1.82, 2.24) is 4.98 Å². The number of carbonyl (C=O) groups is 2. The minimum atomic E-state index is -1.08. The second kappa shape index (κ2) is 14.5. The number of methoxy groups -OCH3 is 1. The van der Waals surface area contributed by atoms with E-state index in [-0.39, 0.29) is 43.1 Å². The molecular weight excluding hydrogens is 513 g/mol. The third kappa shape index (κ3) is 8.70. The van der Waals surface area contributed by atoms with Crippen molar-refractivity contribution in [2.45, 2.75) is 98.4 Å². The number of pyridine rings is 1. The van der Waals surface area contributed by atoms with Gasteiger partial charge in [0.2, 0.25) is 0 Å². The standard InChI is InChI=1S/C32H44FNO6/c1-9-32(6,7)31(38)40-18-26-28(21-10-12-22(33)13-11-21)25(29(19(2)3)34-30(26)20(4)5)15-14-23(35)16-24(36)17-27(37)39-8/h10-15,19-20,23-24,35-36H,9,16-18H2,1-8H3. The van der Waals surface area contributed by atoms with E-state index >= 15 is 0 Å². The molecule has 2 atom stereocenters. The quantitative estimate of drug-likeness (QED) is 0.278. The number of aromatic nitrogens is 1. The SMILES string of the molecule is CCC(C)(C)C(=O)OCc1c(C(C)C)nc(C(C)C)c(C=CC(O)CC(O)CC(=O)OC)c1-c1ccc(F)cc1. The maximum Gasteiger partial charge on any atom is 0.311 e. The Hall–Kier alpha value is -3.10. The molecule has 0 spiro atoms. The summed E-state index contributed by atoms with van der Waals surface area (Å²) in [5.41, 5.74) is 3.76. The van der Waals surface area contributed by atoms with Crippen LogP contribution in [0.15, 0.2) is 30.3 Å². The van der Waals surface area contributed by atoms with Crippen LogP contribution < -0.4 is 0 Å². The van der Waals surface area contributed by atoms with Crippen molar-refractivity contribution in [2.24, 2.45) is 5.41 Å². The molecule has 0 fully saturated rings. The zero-order chi connectivity index (χ0) is 30.2. The monoisotopic (exact) mass is 557 g/mol. The molecule has 0 aliphatic carbocycles. The molecule has 2 unspecified atom stereocenters. The van der Waals surface area contributed by atoms with E-state index in [0.717, 1.165) is 17.0 Å². The van der Waals surface area contributed by atoms with Gasteiger partial charge >= 0.3 is 11.9 Å². The van der Waals surface area contributed by atoms with Crippen LogP contribution in [0.1, 0.15) is 102 Å². The molecule has 1 aromatic heterocycles. The van der Waals surface area contributed by atoms with E-state index < -0.39 is 23.6 Å². The first-order valence-corrected chi connectivity index (χ1v) is 13.8. The maximum atomic E-state index is 13.9. The summed E-state index contributed by atoms with van der Waals surface area (Å²) in [7, 11) is 1.24. The van der Waals surface area contributed by atoms with Gasteiger partial charge in [0.25, 0.3) is 0 Å². The minimum Gasteiger partial charge on any atom is -0.469 e. The summed E-state index contributed by atoms with van der Waals surface area (Å²) in [6.07, 6.45) is 1.47. The fourth-order valence-corrected chi connectivity index (χ4v) is 4.26. The number of aliphatic hydroxyl groups is 2. The van der Waals surface area contributed by atoms with Crippen LogP contribution in [-0.2, 0) is 25.7 Å². The first kappa shape index (κ1) is 33.1. The van der Waals surface area contributed by atoms with Crippen molar-refractivity contribution < 1.29 is 33.7 Å². The van der Waals surface area contributed by atoms with Crippen LogP contribution in [0.25, 0.3) is 17.2 Å². The van der Waals surface area contributed by atoms with Crippen molar-refractivity contribution in [3.05, 3.63) is 58.7 Å². The number of aliphatic hydroxyl groups excluding tert-OH is 2. The van der Waals surface area contributed by atoms with Gasteiger partial charge in [-0.15, -0.1) is 0 Å². The topological polar surface area (TPSA) is 106 Å². The van der Waals surface area contributed by atoms with Crippen LogP contribution in [0.3, 0.4) is 0 Å². The molecule has 2 rings (SSSR count). The molecule has 1 heterocycles. The lowest BCUT2D eigenvalue weighted by Crippen LogP contribution is -2.26. The van der Waals surface area contributed by atoms with Crippen molar-refractivity contribution >= 4 is 18.0 Å². The predicted octanol–water partition coefficient (Wildman–Crippen LogP) is 6.30. The molecule has 220 valence electrons. The molecule has 0 amide bonds. The second-order valence-electron chi connectivity index (χ2n) is 11.4. The Morgan fingerprint density at radius 2 is 1.65 bits per heavy atom. The number of esters is 2. The number of nitrogens with zero attached hydrogens (tertiary/aromatic N) is 1. The predicted molar refractivity (Wildman–Crippen MR) is 154 cm³/mol. The Labute approximate surface area is 237 Å². The smallest absolute Gasteiger partial charge is 0.311 e. The Balaban J connectivity index is 2.72. The van der Waals surface area contributed by atoms with Gasteiger partial charge in [-0.05, 0) is 55.4 Å². The van der Waals surface area contributed by atoms with Crippen molar-refractivity contribution in [1.29, 1.82) is 0 Å². The van der Waals surface area contributed by atoms with Gasteiger partial charge < -0.3 is 19.7 Å². The Bertz CT molecular complexity index is 1190. The summed E-state index contributed by atoms with van der Waals surface area (Å²) in [6, 6.07) is 6.10. The molecule has 0 aliphatic heterocycles. The van der Waals surface area contributed by atoms with E-state index in [9.17, 15) is 24.2 Å². The van der Waals surface area contributed by atoms with Gasteiger partial charge in [-0.25, -0.2) is 4.39 Å². The highest BCUT2D eigenvalue weighted by molar-refractivity contribution is 5.81. The lowest BCUT2D eigenvalue weighted by molar-refractivity contribution is -0.155. The molecule has 0 radical (unpaired) electrons. The van der Waals surface area contributed by atoms with E-state index in [1.807, 2.05) is 48.5 Å². The third-order valence-electron chi connectivity index (χ3n) is 7.04. The summed E-state index contributed by atoms with van der Waals surface area (Å²) in [6.45, 7) is 13.6. The van der Waals surface area contributed by atoms with E-state index in [1.54, 1.807) is 24.3 Å². The van der Waals surface area contributed by atoms with Gasteiger partial charge in [-0.2, -0.15) is 0 Å². The highest BCUT2D eigenvalue weighted by atomic mass is 19.1. The Kier molecular flexibility index (Phi) is 12.0. The van der Waals surface area contributed by atoms with Crippen LogP contribution in [0.2, 0.25) is 0 Å². The van der Waals surface area contributed by atoms with Gasteiger partial charge in [-0.1, -0.05) is 58.9 Å². The number of ether oxygens (including phenoxy) is 2. The summed E-state index contributed by atoms with van der Waals surface area (Å²) >= 11 is 0. The van der Waals surface area contributed by atoms with E-state index in [4.69, 9.17) is 9.72 Å². The number of rotatable bonds is 13. The number of hydrogen-bond acceptors (Lipinski definition) is 7. The Morgan fingerprint density at radius 1 is 1.05 bits per heavy atom. The molecule has 40 heavy (non-hydrogen) atoms. The molecule has 0 saturated carbocycles. The van der Waals surface area contributed by atoms with Gasteiger partial charge in [0.05, 0.1) is 42.5 Å². The average molecular weight is 558 g/mol. The number of halogens is 1. The Morgan fingerprint density at radius 3 is 2.17 bits per heavy atom. The molecule has 0 bridgehead atoms. The summed E-state index contributed by atoms with van der Waals surface area (Å²) < 4.78 is 24.4. The van der Waals surface area contributed by atoms with Crippen LogP contribution in [0.4, 0.5) is 4.39 Å². The van der Waals surface area contributed by atoms with Crippen LogP contribution in [-0.4, -0.2) is 46.5 Å². The van der Waals surface area contributed by atoms with Gasteiger partial charge in [0, 0.05) is 17.5 Å². The minimum absolute atomic E-state index is 0.00155. The van der Waals surface area contributed by atoms with Gasteiger partial charge in [0.1, 0.15) is 12.4 Å². The molecule has 0 saturated heterocycles. The van der Waals surface area contributed by atoms with Crippen LogP contribution in [0, 0.1) is 11.2 Å². The second-order valence-corrected chi connectivity index (χ2v) is 11.4. The first-order valence-electron chi connectivity index (χ1n) is 13.8. The third-order valence-corrected chi connectivity index (χ3v) is 7.04. The number of carbonyl (C=O) groups excluding carboxylic acids is 2. The molecule has 0 aliphatic rings. The maximum absolute atomic E-state index is 13.9. The zero-order valence-corrected chi connectivity index (χ0v) is 25.0. The average Bonchev–Trinajstić information content (AvgIpc) is 2.89. The molecule has 1 aromatic carbocycles. The lowest BCUT2D eigenvalue weighted by Gasteiger charge is -2.25. The van der Waals surface area contributed by atoms with E-state index in [1.165, 1.54) is 19.2 Å². The first-order chi connectivity index (χ1) is 18.7. The normalized spacial score (nSPS) is 13.6. The van der Waals surface area contributed by atoms with Gasteiger partial charge in [0.15, 0.2) is 0 Å². The summed E-state index contributed by atoms with van der Waals surface area (Å²) in [4.78, 5) is 29.4. The highest BCUT2D eigenvalue weighted by Crippen LogP contribution is 2.38. The number of benzene rings is 1. The van der Waals surface area contributed by atoms with Crippen LogP contribution in [0.5, 0.6) is 0 Å². The van der Waals surface area contributed by atoms with Gasteiger partial charge in [-0.3, -0.25) is 14.6 Å². The summed E-state index contributed by atoms with van der Waals surface area (Å²) in [5.74, 6) is -1.27. The summed E-state index contributed by atoms with van der Waals surface area (Å²) in [5, 5.41) is 20.8. The molecule has 8 heteroatoms. The van der Waals surface area contributed by atoms with Crippen molar-refractivity contribution in [3.8, 4) is 11.1 Å². The van der Waals surface area contributed by atoms with E-state index in [2.05, 4.69) is 4.74 Å². The van der Waals surface area contributed by atoms with Crippen LogP contribution >= 0.6 is 0 Å². The lowest BCUT2D eigenvalue weighted by atomic mass is 9.86. The zero-order valence-electron chi connectivity index (χ0n) is 25.0. The largest absolute Gasteiger partial charge is 0.469 e.